The molecule has 23 heavy (non-hydrogen) atoms. The summed E-state index contributed by atoms with van der Waals surface area (Å²) in [5.41, 5.74) is 3.43. The average molecular weight is 306 g/mol. The summed E-state index contributed by atoms with van der Waals surface area (Å²) >= 11 is 0. The number of rotatable bonds is 2. The van der Waals surface area contributed by atoms with Gasteiger partial charge in [-0.1, -0.05) is 36.4 Å². The van der Waals surface area contributed by atoms with Crippen LogP contribution in [0.15, 0.2) is 54.7 Å². The van der Waals surface area contributed by atoms with Crippen LogP contribution in [-0.4, -0.2) is 28.7 Å². The van der Waals surface area contributed by atoms with Gasteiger partial charge >= 0.3 is 5.97 Å². The van der Waals surface area contributed by atoms with Crippen LogP contribution in [0.3, 0.4) is 0 Å². The van der Waals surface area contributed by atoms with Crippen molar-refractivity contribution in [3.63, 3.8) is 0 Å². The van der Waals surface area contributed by atoms with E-state index in [0.29, 0.717) is 5.75 Å². The molecule has 0 radical (unpaired) electrons. The summed E-state index contributed by atoms with van der Waals surface area (Å²) in [4.78, 5) is 15.7. The Kier molecular flexibility index (Phi) is 3.12. The third-order valence-electron chi connectivity index (χ3n) is 3.95. The molecule has 3 aromatic rings. The highest BCUT2D eigenvalue weighted by atomic mass is 16.5. The lowest BCUT2D eigenvalue weighted by Gasteiger charge is -2.26. The van der Waals surface area contributed by atoms with Crippen LogP contribution in [0.5, 0.6) is 5.75 Å². The highest BCUT2D eigenvalue weighted by molar-refractivity contribution is 5.96. The van der Waals surface area contributed by atoms with Crippen LogP contribution < -0.4 is 10.1 Å². The Morgan fingerprint density at radius 2 is 1.91 bits per heavy atom. The number of carboxylic acids is 1. The molecule has 1 aliphatic rings. The molecule has 5 heteroatoms. The lowest BCUT2D eigenvalue weighted by atomic mass is 9.99. The quantitative estimate of drug-likeness (QED) is 0.761. The second kappa shape index (κ2) is 5.28. The van der Waals surface area contributed by atoms with E-state index in [1.807, 2.05) is 48.5 Å². The van der Waals surface area contributed by atoms with Gasteiger partial charge in [0.25, 0.3) is 0 Å². The SMILES string of the molecule is O=C(O)C1CNc2cccc(-c3cccc4cccnc34)c2O1. The van der Waals surface area contributed by atoms with E-state index < -0.39 is 12.1 Å². The van der Waals surface area contributed by atoms with Gasteiger partial charge in [-0.05, 0) is 12.1 Å². The fourth-order valence-corrected chi connectivity index (χ4v) is 2.86. The maximum Gasteiger partial charge on any atom is 0.346 e. The Morgan fingerprint density at radius 3 is 2.78 bits per heavy atom. The molecule has 0 spiro atoms. The molecule has 0 bridgehead atoms. The maximum atomic E-state index is 11.2. The number of aliphatic carboxylic acids is 1. The second-order valence-corrected chi connectivity index (χ2v) is 5.39. The van der Waals surface area contributed by atoms with Crippen molar-refractivity contribution >= 4 is 22.6 Å². The van der Waals surface area contributed by atoms with Crippen molar-refractivity contribution in [2.45, 2.75) is 6.10 Å². The molecule has 2 heterocycles. The molecule has 0 amide bonds. The van der Waals surface area contributed by atoms with E-state index in [1.165, 1.54) is 0 Å². The summed E-state index contributed by atoms with van der Waals surface area (Å²) < 4.78 is 5.74. The van der Waals surface area contributed by atoms with Gasteiger partial charge in [-0.2, -0.15) is 0 Å². The molecular weight excluding hydrogens is 292 g/mol. The largest absolute Gasteiger partial charge is 0.478 e. The molecule has 0 aliphatic carbocycles. The molecule has 5 nitrogen and oxygen atoms in total. The van der Waals surface area contributed by atoms with Crippen molar-refractivity contribution in [1.29, 1.82) is 0 Å². The molecule has 1 unspecified atom stereocenters. The first kappa shape index (κ1) is 13.6. The molecule has 0 fully saturated rings. The minimum absolute atomic E-state index is 0.250. The fraction of sp³-hybridized carbons (Fsp3) is 0.111. The number of hydrogen-bond acceptors (Lipinski definition) is 4. The monoisotopic (exact) mass is 306 g/mol. The summed E-state index contributed by atoms with van der Waals surface area (Å²) in [6, 6.07) is 15.6. The van der Waals surface area contributed by atoms with Crippen molar-refractivity contribution in [1.82, 2.24) is 4.98 Å². The van der Waals surface area contributed by atoms with E-state index in [1.54, 1.807) is 6.20 Å². The van der Waals surface area contributed by atoms with Gasteiger partial charge in [0.15, 0.2) is 5.75 Å². The molecule has 2 aromatic carbocycles. The van der Waals surface area contributed by atoms with Gasteiger partial charge in [0.2, 0.25) is 6.10 Å². The standard InChI is InChI=1S/C18H14N2O3/c21-18(22)15-10-20-14-8-2-7-13(17(14)23-15)12-6-1-4-11-5-3-9-19-16(11)12/h1-9,15,20H,10H2,(H,21,22). The Bertz CT molecular complexity index is 902. The van der Waals surface area contributed by atoms with Gasteiger partial charge < -0.3 is 15.2 Å². The van der Waals surface area contributed by atoms with Gasteiger partial charge in [-0.25, -0.2) is 4.79 Å². The zero-order valence-electron chi connectivity index (χ0n) is 12.2. The normalized spacial score (nSPS) is 16.3. The third kappa shape index (κ3) is 2.26. The molecular formula is C18H14N2O3. The Balaban J connectivity index is 1.91. The third-order valence-corrected chi connectivity index (χ3v) is 3.95. The predicted octanol–water partition coefficient (Wildman–Crippen LogP) is 3.16. The van der Waals surface area contributed by atoms with Crippen molar-refractivity contribution in [2.75, 3.05) is 11.9 Å². The predicted molar refractivity (Wildman–Crippen MR) is 87.7 cm³/mol. The molecule has 114 valence electrons. The smallest absolute Gasteiger partial charge is 0.346 e. The van der Waals surface area contributed by atoms with Crippen molar-refractivity contribution < 1.29 is 14.6 Å². The number of nitrogens with zero attached hydrogens (tertiary/aromatic N) is 1. The molecule has 1 atom stereocenters. The number of ether oxygens (including phenoxy) is 1. The van der Waals surface area contributed by atoms with E-state index in [4.69, 9.17) is 4.74 Å². The first-order chi connectivity index (χ1) is 11.2. The number of anilines is 1. The average Bonchev–Trinajstić information content (AvgIpc) is 2.60. The van der Waals surface area contributed by atoms with E-state index in [-0.39, 0.29) is 6.54 Å². The van der Waals surface area contributed by atoms with Gasteiger partial charge in [-0.3, -0.25) is 4.98 Å². The van der Waals surface area contributed by atoms with Crippen molar-refractivity contribution in [2.24, 2.45) is 0 Å². The summed E-state index contributed by atoms with van der Waals surface area (Å²) in [7, 11) is 0. The number of hydrogen-bond donors (Lipinski definition) is 2. The van der Waals surface area contributed by atoms with Gasteiger partial charge in [0, 0.05) is 22.7 Å². The lowest BCUT2D eigenvalue weighted by molar-refractivity contribution is -0.144. The number of para-hydroxylation sites is 2. The van der Waals surface area contributed by atoms with Crippen molar-refractivity contribution in [3.8, 4) is 16.9 Å². The summed E-state index contributed by atoms with van der Waals surface area (Å²) in [6.45, 7) is 0.250. The summed E-state index contributed by atoms with van der Waals surface area (Å²) in [5, 5.41) is 13.4. The number of aromatic nitrogens is 1. The molecule has 1 aliphatic heterocycles. The number of pyridine rings is 1. The molecule has 4 rings (SSSR count). The second-order valence-electron chi connectivity index (χ2n) is 5.39. The van der Waals surface area contributed by atoms with E-state index in [2.05, 4.69) is 10.3 Å². The molecule has 2 N–H and O–H groups in total. The number of carbonyl (C=O) groups is 1. The number of fused-ring (bicyclic) bond motifs is 2. The van der Waals surface area contributed by atoms with Crippen LogP contribution >= 0.6 is 0 Å². The molecule has 1 aromatic heterocycles. The van der Waals surface area contributed by atoms with Gasteiger partial charge in [-0.15, -0.1) is 0 Å². The van der Waals surface area contributed by atoms with Crippen LogP contribution in [0.4, 0.5) is 5.69 Å². The number of benzene rings is 2. The summed E-state index contributed by atoms with van der Waals surface area (Å²) in [6.07, 6.45) is 0.854. The van der Waals surface area contributed by atoms with Gasteiger partial charge in [0.1, 0.15) is 0 Å². The Hall–Kier alpha value is -3.08. The van der Waals surface area contributed by atoms with Crippen LogP contribution in [-0.2, 0) is 4.79 Å². The zero-order chi connectivity index (χ0) is 15.8. The Morgan fingerprint density at radius 1 is 1.13 bits per heavy atom. The van der Waals surface area contributed by atoms with E-state index >= 15 is 0 Å². The first-order valence-corrected chi connectivity index (χ1v) is 7.34. The van der Waals surface area contributed by atoms with Crippen LogP contribution in [0, 0.1) is 0 Å². The fourth-order valence-electron chi connectivity index (χ4n) is 2.86. The molecule has 0 saturated carbocycles. The zero-order valence-corrected chi connectivity index (χ0v) is 12.2. The lowest BCUT2D eigenvalue weighted by Crippen LogP contribution is -2.37. The van der Waals surface area contributed by atoms with Crippen LogP contribution in [0.1, 0.15) is 0 Å². The number of nitrogens with one attached hydrogen (secondary N) is 1. The highest BCUT2D eigenvalue weighted by Crippen LogP contribution is 2.41. The van der Waals surface area contributed by atoms with Gasteiger partial charge in [0.05, 0.1) is 17.7 Å². The number of carboxylic acid groups (broad SMARTS) is 1. The minimum Gasteiger partial charge on any atom is -0.478 e. The highest BCUT2D eigenvalue weighted by Gasteiger charge is 2.27. The minimum atomic E-state index is -0.978. The van der Waals surface area contributed by atoms with Crippen LogP contribution in [0.25, 0.3) is 22.0 Å². The van der Waals surface area contributed by atoms with Crippen LogP contribution in [0.2, 0.25) is 0 Å². The first-order valence-electron chi connectivity index (χ1n) is 7.34. The summed E-state index contributed by atoms with van der Waals surface area (Å²) in [5.74, 6) is -0.418. The molecule has 0 saturated heterocycles. The van der Waals surface area contributed by atoms with Crippen molar-refractivity contribution in [3.05, 3.63) is 54.7 Å². The van der Waals surface area contributed by atoms with E-state index in [9.17, 15) is 9.90 Å². The topological polar surface area (TPSA) is 71.5 Å². The maximum absolute atomic E-state index is 11.2. The van der Waals surface area contributed by atoms with E-state index in [0.717, 1.165) is 27.7 Å². The Labute approximate surface area is 132 Å².